The van der Waals surface area contributed by atoms with Crippen LogP contribution in [-0.2, 0) is 4.74 Å². The van der Waals surface area contributed by atoms with Gasteiger partial charge in [0.05, 0.1) is 29.7 Å². The van der Waals surface area contributed by atoms with Crippen LogP contribution in [0, 0.1) is 0 Å². The summed E-state index contributed by atoms with van der Waals surface area (Å²) in [7, 11) is 3.15. The van der Waals surface area contributed by atoms with E-state index in [1.807, 2.05) is 49.2 Å². The maximum Gasteiger partial charge on any atom is 0.337 e. The first-order valence-corrected chi connectivity index (χ1v) is 7.91. The highest BCUT2D eigenvalue weighted by Crippen LogP contribution is 2.22. The van der Waals surface area contributed by atoms with Gasteiger partial charge in [-0.05, 0) is 30.7 Å². The van der Waals surface area contributed by atoms with Crippen LogP contribution < -0.4 is 10.5 Å². The van der Waals surface area contributed by atoms with Gasteiger partial charge in [0.15, 0.2) is 5.82 Å². The molecular weight excluding hydrogens is 318 g/mol. The van der Waals surface area contributed by atoms with Gasteiger partial charge in [-0.1, -0.05) is 30.3 Å². The van der Waals surface area contributed by atoms with Crippen LogP contribution in [0.5, 0.6) is 0 Å². The fourth-order valence-corrected chi connectivity index (χ4v) is 2.70. The number of hydrogen-bond acceptors (Lipinski definition) is 5. The molecule has 6 heteroatoms. The minimum absolute atomic E-state index is 0.0314. The zero-order valence-electron chi connectivity index (χ0n) is 14.3. The van der Waals surface area contributed by atoms with Gasteiger partial charge in [0.25, 0.3) is 5.56 Å². The van der Waals surface area contributed by atoms with Crippen molar-refractivity contribution in [3.63, 3.8) is 0 Å². The second kappa shape index (κ2) is 6.76. The number of anilines is 1. The minimum atomic E-state index is -0.442. The molecule has 0 unspecified atom stereocenters. The molecule has 0 radical (unpaired) electrons. The Hall–Kier alpha value is -3.15. The molecule has 128 valence electrons. The van der Waals surface area contributed by atoms with Crippen LogP contribution >= 0.6 is 0 Å². The van der Waals surface area contributed by atoms with Crippen LogP contribution in [0.15, 0.2) is 53.3 Å². The Morgan fingerprint density at radius 3 is 2.60 bits per heavy atom. The number of aromatic nitrogens is 2. The number of carbonyl (C=O) groups is 1. The molecule has 1 heterocycles. The summed E-state index contributed by atoms with van der Waals surface area (Å²) in [5.41, 5.74) is 2.30. The number of hydrogen-bond donors (Lipinski definition) is 1. The van der Waals surface area contributed by atoms with Crippen molar-refractivity contribution in [1.82, 2.24) is 9.97 Å². The number of rotatable bonds is 4. The third-order valence-corrected chi connectivity index (χ3v) is 4.29. The van der Waals surface area contributed by atoms with Gasteiger partial charge in [0.1, 0.15) is 0 Å². The molecule has 0 aliphatic rings. The van der Waals surface area contributed by atoms with Gasteiger partial charge in [-0.25, -0.2) is 9.78 Å². The third kappa shape index (κ3) is 3.24. The molecule has 1 atom stereocenters. The smallest absolute Gasteiger partial charge is 0.337 e. The lowest BCUT2D eigenvalue weighted by molar-refractivity contribution is 0.0601. The molecule has 0 amide bonds. The van der Waals surface area contributed by atoms with Crippen molar-refractivity contribution < 1.29 is 9.53 Å². The molecule has 0 fully saturated rings. The molecule has 3 aromatic rings. The number of H-pyrrole nitrogens is 1. The molecule has 1 aromatic heterocycles. The SMILES string of the molecule is COC(=O)c1ccc2[nH]c(=O)c(N(C)[C@@H](C)c3ccccc3)nc2c1. The zero-order chi connectivity index (χ0) is 18.0. The van der Waals surface area contributed by atoms with E-state index in [4.69, 9.17) is 4.74 Å². The Labute approximate surface area is 145 Å². The normalized spacial score (nSPS) is 12.0. The highest BCUT2D eigenvalue weighted by atomic mass is 16.5. The Balaban J connectivity index is 2.04. The Bertz CT molecular complexity index is 967. The maximum atomic E-state index is 12.4. The van der Waals surface area contributed by atoms with Gasteiger partial charge < -0.3 is 14.6 Å². The second-order valence-corrected chi connectivity index (χ2v) is 5.81. The van der Waals surface area contributed by atoms with E-state index in [1.54, 1.807) is 18.2 Å². The minimum Gasteiger partial charge on any atom is -0.465 e. The highest BCUT2D eigenvalue weighted by molar-refractivity contribution is 5.93. The number of benzene rings is 2. The number of ether oxygens (including phenoxy) is 1. The lowest BCUT2D eigenvalue weighted by Gasteiger charge is -2.25. The Morgan fingerprint density at radius 1 is 1.20 bits per heavy atom. The van der Waals surface area contributed by atoms with Crippen molar-refractivity contribution in [2.24, 2.45) is 0 Å². The number of esters is 1. The molecule has 0 aliphatic carbocycles. The number of fused-ring (bicyclic) bond motifs is 1. The average Bonchev–Trinajstić information content (AvgIpc) is 2.66. The molecule has 0 saturated carbocycles. The van der Waals surface area contributed by atoms with E-state index in [0.29, 0.717) is 22.4 Å². The molecule has 0 spiro atoms. The number of nitrogens with zero attached hydrogens (tertiary/aromatic N) is 2. The lowest BCUT2D eigenvalue weighted by Crippen LogP contribution is -2.29. The first-order chi connectivity index (χ1) is 12.0. The monoisotopic (exact) mass is 337 g/mol. The standard InChI is InChI=1S/C19H19N3O3/c1-12(13-7-5-4-6-8-13)22(2)17-18(23)21-15-10-9-14(19(24)25-3)11-16(15)20-17/h4-12H,1-3H3,(H,21,23)/t12-/m0/s1. The summed E-state index contributed by atoms with van der Waals surface area (Å²) in [6.45, 7) is 2.01. The molecule has 2 aromatic carbocycles. The molecule has 25 heavy (non-hydrogen) atoms. The summed E-state index contributed by atoms with van der Waals surface area (Å²) in [5, 5.41) is 0. The van der Waals surface area contributed by atoms with Crippen molar-refractivity contribution in [3.8, 4) is 0 Å². The van der Waals surface area contributed by atoms with Crippen LogP contribution in [0.4, 0.5) is 5.82 Å². The highest BCUT2D eigenvalue weighted by Gasteiger charge is 2.17. The first-order valence-electron chi connectivity index (χ1n) is 7.91. The molecule has 0 aliphatic heterocycles. The van der Waals surface area contributed by atoms with E-state index in [-0.39, 0.29) is 11.6 Å². The quantitative estimate of drug-likeness (QED) is 0.741. The zero-order valence-corrected chi connectivity index (χ0v) is 14.3. The van der Waals surface area contributed by atoms with Crippen LogP contribution in [0.2, 0.25) is 0 Å². The van der Waals surface area contributed by atoms with E-state index in [9.17, 15) is 9.59 Å². The van der Waals surface area contributed by atoms with E-state index < -0.39 is 5.97 Å². The van der Waals surface area contributed by atoms with Crippen molar-refractivity contribution in [2.75, 3.05) is 19.1 Å². The number of carbonyl (C=O) groups excluding carboxylic acids is 1. The largest absolute Gasteiger partial charge is 0.465 e. The number of aromatic amines is 1. The van der Waals surface area contributed by atoms with Crippen molar-refractivity contribution in [2.45, 2.75) is 13.0 Å². The van der Waals surface area contributed by atoms with Gasteiger partial charge in [0, 0.05) is 7.05 Å². The number of nitrogens with one attached hydrogen (secondary N) is 1. The Morgan fingerprint density at radius 2 is 1.92 bits per heavy atom. The summed E-state index contributed by atoms with van der Waals surface area (Å²) in [5.74, 6) is -0.145. The lowest BCUT2D eigenvalue weighted by atomic mass is 10.1. The van der Waals surface area contributed by atoms with Crippen LogP contribution in [0.3, 0.4) is 0 Å². The molecule has 3 rings (SSSR count). The fourth-order valence-electron chi connectivity index (χ4n) is 2.70. The molecule has 1 N–H and O–H groups in total. The predicted molar refractivity (Wildman–Crippen MR) is 97.0 cm³/mol. The van der Waals surface area contributed by atoms with E-state index in [0.717, 1.165) is 5.56 Å². The van der Waals surface area contributed by atoms with Crippen LogP contribution in [-0.4, -0.2) is 30.1 Å². The second-order valence-electron chi connectivity index (χ2n) is 5.81. The number of methoxy groups -OCH3 is 1. The molecule has 0 saturated heterocycles. The van der Waals surface area contributed by atoms with E-state index in [2.05, 4.69) is 9.97 Å². The van der Waals surface area contributed by atoms with Gasteiger partial charge >= 0.3 is 5.97 Å². The molecule has 6 nitrogen and oxygen atoms in total. The summed E-state index contributed by atoms with van der Waals surface area (Å²) in [6, 6.07) is 14.7. The molecular formula is C19H19N3O3. The van der Waals surface area contributed by atoms with E-state index >= 15 is 0 Å². The topological polar surface area (TPSA) is 75.3 Å². The van der Waals surface area contributed by atoms with Gasteiger partial charge in [-0.3, -0.25) is 4.79 Å². The third-order valence-electron chi connectivity index (χ3n) is 4.29. The summed E-state index contributed by atoms with van der Waals surface area (Å²) in [6.07, 6.45) is 0. The van der Waals surface area contributed by atoms with Gasteiger partial charge in [0.2, 0.25) is 0 Å². The molecule has 0 bridgehead atoms. The first kappa shape index (κ1) is 16.7. The van der Waals surface area contributed by atoms with Gasteiger partial charge in [-0.15, -0.1) is 0 Å². The average molecular weight is 337 g/mol. The fraction of sp³-hybridized carbons (Fsp3) is 0.211. The van der Waals surface area contributed by atoms with Crippen LogP contribution in [0.25, 0.3) is 11.0 Å². The summed E-state index contributed by atoms with van der Waals surface area (Å²) >= 11 is 0. The van der Waals surface area contributed by atoms with Crippen molar-refractivity contribution >= 4 is 22.8 Å². The van der Waals surface area contributed by atoms with Crippen LogP contribution in [0.1, 0.15) is 28.9 Å². The van der Waals surface area contributed by atoms with Gasteiger partial charge in [-0.2, -0.15) is 0 Å². The Kier molecular flexibility index (Phi) is 4.52. The summed E-state index contributed by atoms with van der Waals surface area (Å²) < 4.78 is 4.73. The maximum absolute atomic E-state index is 12.4. The van der Waals surface area contributed by atoms with E-state index in [1.165, 1.54) is 7.11 Å². The summed E-state index contributed by atoms with van der Waals surface area (Å²) in [4.78, 5) is 33.2. The van der Waals surface area contributed by atoms with Crippen molar-refractivity contribution in [1.29, 1.82) is 0 Å². The predicted octanol–water partition coefficient (Wildman–Crippen LogP) is 2.91. The van der Waals surface area contributed by atoms with Crippen molar-refractivity contribution in [3.05, 3.63) is 70.0 Å².